The van der Waals surface area contributed by atoms with Crippen molar-refractivity contribution < 1.29 is 0 Å². The molecule has 1 aliphatic rings. The maximum atomic E-state index is 4.08. The van der Waals surface area contributed by atoms with Gasteiger partial charge < -0.3 is 10.2 Å². The van der Waals surface area contributed by atoms with Crippen LogP contribution in [0.4, 0.5) is 0 Å². The van der Waals surface area contributed by atoms with Gasteiger partial charge in [0.2, 0.25) is 0 Å². The molecule has 1 fully saturated rings. The SMILES string of the molecule is CCNC1CCC(C)CC1CN(C)CCc1ccncc1. The predicted molar refractivity (Wildman–Crippen MR) is 89.4 cm³/mol. The Morgan fingerprint density at radius 2 is 2.05 bits per heavy atom. The second-order valence-corrected chi connectivity index (χ2v) is 6.71. The minimum absolute atomic E-state index is 0.717. The molecule has 3 atom stereocenters. The molecule has 0 spiro atoms. The van der Waals surface area contributed by atoms with Crippen LogP contribution < -0.4 is 5.32 Å². The topological polar surface area (TPSA) is 28.2 Å². The first kappa shape index (κ1) is 16.4. The molecule has 1 heterocycles. The third-order valence-electron chi connectivity index (χ3n) is 4.79. The zero-order valence-electron chi connectivity index (χ0n) is 13.9. The number of aromatic nitrogens is 1. The van der Waals surface area contributed by atoms with Crippen LogP contribution in [-0.2, 0) is 6.42 Å². The fourth-order valence-electron chi connectivity index (χ4n) is 3.59. The fourth-order valence-corrected chi connectivity index (χ4v) is 3.59. The molecule has 3 nitrogen and oxygen atoms in total. The van der Waals surface area contributed by atoms with E-state index in [9.17, 15) is 0 Å². The molecule has 1 aliphatic carbocycles. The summed E-state index contributed by atoms with van der Waals surface area (Å²) in [6.45, 7) is 8.07. The van der Waals surface area contributed by atoms with Gasteiger partial charge in [0.1, 0.15) is 0 Å². The zero-order valence-corrected chi connectivity index (χ0v) is 13.9. The molecule has 2 rings (SSSR count). The van der Waals surface area contributed by atoms with Gasteiger partial charge in [-0.15, -0.1) is 0 Å². The van der Waals surface area contributed by atoms with Crippen LogP contribution >= 0.6 is 0 Å². The monoisotopic (exact) mass is 289 g/mol. The van der Waals surface area contributed by atoms with Crippen molar-refractivity contribution in [3.8, 4) is 0 Å². The highest BCUT2D eigenvalue weighted by Gasteiger charge is 2.28. The maximum absolute atomic E-state index is 4.08. The summed E-state index contributed by atoms with van der Waals surface area (Å²) < 4.78 is 0. The van der Waals surface area contributed by atoms with Crippen LogP contribution in [0.2, 0.25) is 0 Å². The Hall–Kier alpha value is -0.930. The Morgan fingerprint density at radius 1 is 1.29 bits per heavy atom. The van der Waals surface area contributed by atoms with Gasteiger partial charge in [-0.25, -0.2) is 0 Å². The van der Waals surface area contributed by atoms with Crippen LogP contribution in [0, 0.1) is 11.8 Å². The van der Waals surface area contributed by atoms with Crippen molar-refractivity contribution in [3.63, 3.8) is 0 Å². The van der Waals surface area contributed by atoms with Crippen LogP contribution in [0.15, 0.2) is 24.5 Å². The van der Waals surface area contributed by atoms with E-state index in [0.29, 0.717) is 0 Å². The Morgan fingerprint density at radius 3 is 2.76 bits per heavy atom. The van der Waals surface area contributed by atoms with Crippen molar-refractivity contribution >= 4 is 0 Å². The van der Waals surface area contributed by atoms with E-state index >= 15 is 0 Å². The third kappa shape index (κ3) is 5.40. The molecule has 0 bridgehead atoms. The normalized spacial score (nSPS) is 26.2. The van der Waals surface area contributed by atoms with E-state index < -0.39 is 0 Å². The number of pyridine rings is 1. The van der Waals surface area contributed by atoms with Crippen molar-refractivity contribution in [2.45, 2.75) is 45.6 Å². The predicted octanol–water partition coefficient (Wildman–Crippen LogP) is 2.97. The van der Waals surface area contributed by atoms with Gasteiger partial charge in [-0.3, -0.25) is 4.98 Å². The molecule has 1 aromatic heterocycles. The fraction of sp³-hybridized carbons (Fsp3) is 0.722. The van der Waals surface area contributed by atoms with Gasteiger partial charge in [0.25, 0.3) is 0 Å². The lowest BCUT2D eigenvalue weighted by atomic mass is 9.78. The smallest absolute Gasteiger partial charge is 0.0270 e. The van der Waals surface area contributed by atoms with Crippen LogP contribution in [0.25, 0.3) is 0 Å². The number of hydrogen-bond acceptors (Lipinski definition) is 3. The van der Waals surface area contributed by atoms with E-state index in [-0.39, 0.29) is 0 Å². The molecule has 1 aromatic rings. The number of rotatable bonds is 7. The highest BCUT2D eigenvalue weighted by atomic mass is 15.1. The Labute approximate surface area is 130 Å². The Balaban J connectivity index is 1.80. The molecular weight excluding hydrogens is 258 g/mol. The standard InChI is InChI=1S/C18H31N3/c1-4-20-18-6-5-15(2)13-17(18)14-21(3)12-9-16-7-10-19-11-8-16/h7-8,10-11,15,17-18,20H,4-6,9,12-14H2,1-3H3. The molecule has 3 heteroatoms. The summed E-state index contributed by atoms with van der Waals surface area (Å²) >= 11 is 0. The number of likely N-dealkylation sites (N-methyl/N-ethyl adjacent to an activating group) is 1. The molecule has 0 saturated heterocycles. The summed E-state index contributed by atoms with van der Waals surface area (Å²) in [6.07, 6.45) is 9.00. The average molecular weight is 289 g/mol. The van der Waals surface area contributed by atoms with Gasteiger partial charge in [0, 0.05) is 31.5 Å². The lowest BCUT2D eigenvalue weighted by Gasteiger charge is -2.37. The highest BCUT2D eigenvalue weighted by molar-refractivity contribution is 5.09. The highest BCUT2D eigenvalue weighted by Crippen LogP contribution is 2.29. The van der Waals surface area contributed by atoms with E-state index in [1.54, 1.807) is 0 Å². The van der Waals surface area contributed by atoms with E-state index in [1.165, 1.54) is 31.4 Å². The van der Waals surface area contributed by atoms with Gasteiger partial charge >= 0.3 is 0 Å². The van der Waals surface area contributed by atoms with Gasteiger partial charge in [-0.2, -0.15) is 0 Å². The van der Waals surface area contributed by atoms with E-state index in [4.69, 9.17) is 0 Å². The molecule has 1 saturated carbocycles. The molecule has 0 radical (unpaired) electrons. The molecule has 0 aliphatic heterocycles. The van der Waals surface area contributed by atoms with E-state index in [1.807, 2.05) is 12.4 Å². The van der Waals surface area contributed by atoms with Crippen LogP contribution in [0.3, 0.4) is 0 Å². The largest absolute Gasteiger partial charge is 0.314 e. The van der Waals surface area contributed by atoms with Crippen molar-refractivity contribution in [1.82, 2.24) is 15.2 Å². The lowest BCUT2D eigenvalue weighted by molar-refractivity contribution is 0.162. The first-order chi connectivity index (χ1) is 10.2. The number of nitrogens with zero attached hydrogens (tertiary/aromatic N) is 2. The molecule has 118 valence electrons. The number of hydrogen-bond donors (Lipinski definition) is 1. The summed E-state index contributed by atoms with van der Waals surface area (Å²) in [4.78, 5) is 6.59. The van der Waals surface area contributed by atoms with Crippen molar-refractivity contribution in [2.24, 2.45) is 11.8 Å². The van der Waals surface area contributed by atoms with Crippen LogP contribution in [0.1, 0.15) is 38.7 Å². The molecule has 0 aromatic carbocycles. The molecule has 0 amide bonds. The summed E-state index contributed by atoms with van der Waals surface area (Å²) in [6, 6.07) is 4.96. The second-order valence-electron chi connectivity index (χ2n) is 6.71. The van der Waals surface area contributed by atoms with Gasteiger partial charge in [0.15, 0.2) is 0 Å². The van der Waals surface area contributed by atoms with E-state index in [0.717, 1.165) is 37.4 Å². The summed E-state index contributed by atoms with van der Waals surface area (Å²) in [7, 11) is 2.27. The molecule has 21 heavy (non-hydrogen) atoms. The van der Waals surface area contributed by atoms with Crippen molar-refractivity contribution in [1.29, 1.82) is 0 Å². The number of nitrogens with one attached hydrogen (secondary N) is 1. The summed E-state index contributed by atoms with van der Waals surface area (Å²) in [5.41, 5.74) is 1.39. The van der Waals surface area contributed by atoms with E-state index in [2.05, 4.69) is 48.2 Å². The minimum atomic E-state index is 0.717. The average Bonchev–Trinajstić information content (AvgIpc) is 2.49. The Bertz CT molecular complexity index is 393. The quantitative estimate of drug-likeness (QED) is 0.836. The van der Waals surface area contributed by atoms with Crippen molar-refractivity contribution in [3.05, 3.63) is 30.1 Å². The van der Waals surface area contributed by atoms with Crippen molar-refractivity contribution in [2.75, 3.05) is 26.7 Å². The van der Waals surface area contributed by atoms with Crippen LogP contribution in [-0.4, -0.2) is 42.6 Å². The molecule has 3 unspecified atom stereocenters. The van der Waals surface area contributed by atoms with Crippen LogP contribution in [0.5, 0.6) is 0 Å². The zero-order chi connectivity index (χ0) is 15.1. The summed E-state index contributed by atoms with van der Waals surface area (Å²) in [5.74, 6) is 1.69. The summed E-state index contributed by atoms with van der Waals surface area (Å²) in [5, 5.41) is 3.70. The first-order valence-electron chi connectivity index (χ1n) is 8.49. The van der Waals surface area contributed by atoms with Gasteiger partial charge in [-0.05, 0) is 68.8 Å². The Kier molecular flexibility index (Phi) is 6.65. The van der Waals surface area contributed by atoms with Gasteiger partial charge in [0.05, 0.1) is 0 Å². The molecule has 1 N–H and O–H groups in total. The minimum Gasteiger partial charge on any atom is -0.314 e. The van der Waals surface area contributed by atoms with Gasteiger partial charge in [-0.1, -0.05) is 13.8 Å². The third-order valence-corrected chi connectivity index (χ3v) is 4.79. The second kappa shape index (κ2) is 8.50. The molecular formula is C18H31N3. The lowest BCUT2D eigenvalue weighted by Crippen LogP contribution is -2.45. The maximum Gasteiger partial charge on any atom is 0.0270 e. The first-order valence-corrected chi connectivity index (χ1v) is 8.49.